The first-order valence-corrected chi connectivity index (χ1v) is 7.73. The molecule has 0 heterocycles. The number of halogens is 3. The molecule has 1 fully saturated rings. The minimum atomic E-state index is -4.02. The minimum Gasteiger partial charge on any atom is -0.311 e. The Morgan fingerprint density at radius 2 is 1.76 bits per heavy atom. The van der Waals surface area contributed by atoms with Crippen LogP contribution < -0.4 is 5.32 Å². The molecule has 1 nitrogen and oxygen atoms in total. The monoisotopic (exact) mass is 299 g/mol. The van der Waals surface area contributed by atoms with Crippen LogP contribution in [0.3, 0.4) is 0 Å². The molecule has 1 N–H and O–H groups in total. The zero-order valence-corrected chi connectivity index (χ0v) is 12.7. The van der Waals surface area contributed by atoms with Crippen LogP contribution >= 0.6 is 0 Å². The maximum absolute atomic E-state index is 12.6. The lowest BCUT2D eigenvalue weighted by molar-refractivity contribution is -0.182. The fraction of sp³-hybridized carbons (Fsp3) is 0.647. The van der Waals surface area contributed by atoms with Crippen LogP contribution in [-0.2, 0) is 6.42 Å². The Balaban J connectivity index is 1.80. The molecule has 1 atom stereocenters. The highest BCUT2D eigenvalue weighted by Gasteiger charge is 2.41. The Bertz CT molecular complexity index is 448. The predicted octanol–water partition coefficient (Wildman–Crippen LogP) is 4.64. The number of hydrogen-bond donors (Lipinski definition) is 1. The number of aryl methyl sites for hydroxylation is 1. The van der Waals surface area contributed by atoms with Gasteiger partial charge in [-0.05, 0) is 57.1 Å². The molecule has 2 rings (SSSR count). The second-order valence-corrected chi connectivity index (χ2v) is 6.29. The van der Waals surface area contributed by atoms with Crippen LogP contribution in [0.25, 0.3) is 0 Å². The van der Waals surface area contributed by atoms with Crippen molar-refractivity contribution in [2.75, 3.05) is 0 Å². The molecule has 1 aromatic carbocycles. The fourth-order valence-corrected chi connectivity index (χ4v) is 3.22. The summed E-state index contributed by atoms with van der Waals surface area (Å²) in [6.45, 7) is 4.21. The van der Waals surface area contributed by atoms with Gasteiger partial charge in [0.1, 0.15) is 0 Å². The first kappa shape index (κ1) is 16.3. The van der Waals surface area contributed by atoms with Crippen LogP contribution in [0, 0.1) is 12.8 Å². The van der Waals surface area contributed by atoms with Crippen molar-refractivity contribution in [1.29, 1.82) is 0 Å². The number of hydrogen-bond acceptors (Lipinski definition) is 1. The van der Waals surface area contributed by atoms with Crippen molar-refractivity contribution in [1.82, 2.24) is 5.32 Å². The smallest absolute Gasteiger partial charge is 0.311 e. The van der Waals surface area contributed by atoms with Gasteiger partial charge in [-0.1, -0.05) is 24.3 Å². The Morgan fingerprint density at radius 1 is 1.14 bits per heavy atom. The third-order valence-corrected chi connectivity index (χ3v) is 4.50. The summed E-state index contributed by atoms with van der Waals surface area (Å²) in [5, 5.41) is 3.50. The minimum absolute atomic E-state index is 0.225. The van der Waals surface area contributed by atoms with Gasteiger partial charge in [-0.3, -0.25) is 0 Å². The molecule has 0 saturated heterocycles. The second-order valence-electron chi connectivity index (χ2n) is 6.29. The summed E-state index contributed by atoms with van der Waals surface area (Å²) in [5.41, 5.74) is 2.58. The van der Waals surface area contributed by atoms with E-state index < -0.39 is 12.1 Å². The van der Waals surface area contributed by atoms with Crippen LogP contribution in [0.4, 0.5) is 13.2 Å². The molecule has 1 unspecified atom stereocenters. The van der Waals surface area contributed by atoms with Crippen molar-refractivity contribution < 1.29 is 13.2 Å². The molecule has 4 heteroatoms. The first-order chi connectivity index (χ1) is 9.86. The maximum Gasteiger partial charge on any atom is 0.391 e. The van der Waals surface area contributed by atoms with E-state index >= 15 is 0 Å². The molecular formula is C17H24F3N. The highest BCUT2D eigenvalue weighted by Crippen LogP contribution is 2.37. The topological polar surface area (TPSA) is 12.0 Å². The predicted molar refractivity (Wildman–Crippen MR) is 79.3 cm³/mol. The average Bonchev–Trinajstić information content (AvgIpc) is 2.41. The lowest BCUT2D eigenvalue weighted by Gasteiger charge is -2.32. The number of nitrogens with one attached hydrogen (secondary N) is 1. The molecular weight excluding hydrogens is 275 g/mol. The molecule has 1 aliphatic rings. The van der Waals surface area contributed by atoms with Gasteiger partial charge < -0.3 is 5.32 Å². The van der Waals surface area contributed by atoms with Crippen LogP contribution in [-0.4, -0.2) is 18.3 Å². The summed E-state index contributed by atoms with van der Waals surface area (Å²) >= 11 is 0. The van der Waals surface area contributed by atoms with Gasteiger partial charge in [-0.25, -0.2) is 0 Å². The summed E-state index contributed by atoms with van der Waals surface area (Å²) in [4.78, 5) is 0. The normalized spacial score (nSPS) is 24.8. The zero-order chi connectivity index (χ0) is 15.5. The Labute approximate surface area is 124 Å². The van der Waals surface area contributed by atoms with Crippen molar-refractivity contribution in [3.8, 4) is 0 Å². The molecule has 1 saturated carbocycles. The third kappa shape index (κ3) is 4.73. The molecule has 0 amide bonds. The number of benzene rings is 1. The van der Waals surface area contributed by atoms with Crippen LogP contribution in [0.5, 0.6) is 0 Å². The SMILES string of the molecule is Cc1ccccc1CC(C)NC1CCC(C(F)(F)F)CC1. The fourth-order valence-electron chi connectivity index (χ4n) is 3.22. The summed E-state index contributed by atoms with van der Waals surface area (Å²) in [5.74, 6) is -1.10. The van der Waals surface area contributed by atoms with E-state index in [-0.39, 0.29) is 18.9 Å². The Hall–Kier alpha value is -1.03. The second kappa shape index (κ2) is 6.82. The molecule has 0 bridgehead atoms. The third-order valence-electron chi connectivity index (χ3n) is 4.50. The van der Waals surface area contributed by atoms with E-state index in [1.807, 2.05) is 12.1 Å². The van der Waals surface area contributed by atoms with E-state index in [0.717, 1.165) is 6.42 Å². The maximum atomic E-state index is 12.6. The highest BCUT2D eigenvalue weighted by atomic mass is 19.4. The van der Waals surface area contributed by atoms with E-state index in [1.54, 1.807) is 0 Å². The summed E-state index contributed by atoms with van der Waals surface area (Å²) in [6.07, 6.45) is -1.31. The highest BCUT2D eigenvalue weighted by molar-refractivity contribution is 5.26. The van der Waals surface area contributed by atoms with E-state index in [2.05, 4.69) is 31.3 Å². The van der Waals surface area contributed by atoms with Gasteiger partial charge in [0.15, 0.2) is 0 Å². The van der Waals surface area contributed by atoms with Crippen molar-refractivity contribution in [3.63, 3.8) is 0 Å². The van der Waals surface area contributed by atoms with Crippen LogP contribution in [0.1, 0.15) is 43.7 Å². The molecule has 0 spiro atoms. The first-order valence-electron chi connectivity index (χ1n) is 7.73. The Kier molecular flexibility index (Phi) is 5.31. The summed E-state index contributed by atoms with van der Waals surface area (Å²) < 4.78 is 37.9. The zero-order valence-electron chi connectivity index (χ0n) is 12.7. The van der Waals surface area contributed by atoms with Crippen LogP contribution in [0.15, 0.2) is 24.3 Å². The van der Waals surface area contributed by atoms with Crippen molar-refractivity contribution >= 4 is 0 Å². The van der Waals surface area contributed by atoms with Gasteiger partial charge in [-0.2, -0.15) is 13.2 Å². The van der Waals surface area contributed by atoms with Gasteiger partial charge in [-0.15, -0.1) is 0 Å². The quantitative estimate of drug-likeness (QED) is 0.854. The lowest BCUT2D eigenvalue weighted by Crippen LogP contribution is -2.42. The Morgan fingerprint density at radius 3 is 2.33 bits per heavy atom. The lowest BCUT2D eigenvalue weighted by atomic mass is 9.85. The van der Waals surface area contributed by atoms with Gasteiger partial charge in [0.2, 0.25) is 0 Å². The van der Waals surface area contributed by atoms with Crippen molar-refractivity contribution in [3.05, 3.63) is 35.4 Å². The average molecular weight is 299 g/mol. The summed E-state index contributed by atoms with van der Waals surface area (Å²) in [6, 6.07) is 8.78. The van der Waals surface area contributed by atoms with Gasteiger partial charge in [0.05, 0.1) is 5.92 Å². The standard InChI is InChI=1S/C17H24F3N/c1-12-5-3-4-6-14(12)11-13(2)21-16-9-7-15(8-10-16)17(18,19)20/h3-6,13,15-16,21H,7-11H2,1-2H3. The molecule has 0 radical (unpaired) electrons. The van der Waals surface area contributed by atoms with E-state index in [1.165, 1.54) is 11.1 Å². The van der Waals surface area contributed by atoms with Gasteiger partial charge >= 0.3 is 6.18 Å². The molecule has 0 aromatic heterocycles. The van der Waals surface area contributed by atoms with Crippen molar-refractivity contribution in [2.24, 2.45) is 5.92 Å². The van der Waals surface area contributed by atoms with Gasteiger partial charge in [0, 0.05) is 12.1 Å². The van der Waals surface area contributed by atoms with Gasteiger partial charge in [0.25, 0.3) is 0 Å². The van der Waals surface area contributed by atoms with E-state index in [4.69, 9.17) is 0 Å². The number of rotatable bonds is 4. The summed E-state index contributed by atoms with van der Waals surface area (Å²) in [7, 11) is 0. The number of alkyl halides is 3. The molecule has 1 aliphatic carbocycles. The largest absolute Gasteiger partial charge is 0.391 e. The molecule has 1 aromatic rings. The van der Waals surface area contributed by atoms with Crippen molar-refractivity contribution in [2.45, 2.75) is 64.2 Å². The molecule has 118 valence electrons. The van der Waals surface area contributed by atoms with E-state index in [0.29, 0.717) is 18.9 Å². The van der Waals surface area contributed by atoms with Crippen LogP contribution in [0.2, 0.25) is 0 Å². The molecule has 21 heavy (non-hydrogen) atoms. The van der Waals surface area contributed by atoms with E-state index in [9.17, 15) is 13.2 Å². The molecule has 0 aliphatic heterocycles.